The maximum absolute atomic E-state index is 14.7. The van der Waals surface area contributed by atoms with E-state index in [-0.39, 0.29) is 36.6 Å². The average Bonchev–Trinajstić information content (AvgIpc) is 2.65. The number of nitrogens with one attached hydrogen (secondary N) is 2. The Balaban J connectivity index is 1.55. The van der Waals surface area contributed by atoms with Crippen LogP contribution in [0.15, 0.2) is 42.5 Å². The van der Waals surface area contributed by atoms with Gasteiger partial charge in [-0.1, -0.05) is 29.8 Å². The molecule has 156 valence electrons. The summed E-state index contributed by atoms with van der Waals surface area (Å²) in [6.45, 7) is 7.40. The van der Waals surface area contributed by atoms with Gasteiger partial charge in [-0.05, 0) is 56.2 Å². The van der Waals surface area contributed by atoms with Gasteiger partial charge in [-0.2, -0.15) is 0 Å². The minimum Gasteiger partial charge on any atom is -0.372 e. The van der Waals surface area contributed by atoms with Crippen LogP contribution >= 0.6 is 11.6 Å². The molecule has 0 spiro atoms. The van der Waals surface area contributed by atoms with Crippen LogP contribution in [-0.4, -0.2) is 31.3 Å². The number of urea groups is 1. The van der Waals surface area contributed by atoms with Crippen molar-refractivity contribution in [1.29, 1.82) is 0 Å². The van der Waals surface area contributed by atoms with Crippen molar-refractivity contribution in [3.05, 3.63) is 64.4 Å². The largest absolute Gasteiger partial charge is 0.372 e. The molecule has 5 nitrogen and oxygen atoms in total. The summed E-state index contributed by atoms with van der Waals surface area (Å²) < 4.78 is 20.4. The number of anilines is 1. The molecular formula is C22H27ClFN3O2. The quantitative estimate of drug-likeness (QED) is 0.741. The molecule has 0 radical (unpaired) electrons. The second-order valence-corrected chi connectivity index (χ2v) is 7.99. The zero-order chi connectivity index (χ0) is 21.0. The second-order valence-electron chi connectivity index (χ2n) is 7.55. The van der Waals surface area contributed by atoms with Gasteiger partial charge >= 0.3 is 6.03 Å². The van der Waals surface area contributed by atoms with Gasteiger partial charge in [0, 0.05) is 24.7 Å². The third-order valence-corrected chi connectivity index (χ3v) is 5.16. The number of amides is 2. The Bertz CT molecular complexity index is 854. The first-order chi connectivity index (χ1) is 13.8. The van der Waals surface area contributed by atoms with E-state index in [0.29, 0.717) is 29.4 Å². The fraction of sp³-hybridized carbons (Fsp3) is 0.409. The number of nitrogens with zero attached hydrogens (tertiary/aromatic N) is 1. The predicted octanol–water partition coefficient (Wildman–Crippen LogP) is 4.65. The molecular weight excluding hydrogens is 393 g/mol. The number of halogens is 2. The Morgan fingerprint density at radius 1 is 1.24 bits per heavy atom. The summed E-state index contributed by atoms with van der Waals surface area (Å²) in [4.78, 5) is 14.2. The molecule has 1 fully saturated rings. The Morgan fingerprint density at radius 3 is 2.62 bits per heavy atom. The van der Waals surface area contributed by atoms with Crippen LogP contribution in [0.4, 0.5) is 14.9 Å². The van der Waals surface area contributed by atoms with Crippen LogP contribution in [0.3, 0.4) is 0 Å². The second kappa shape index (κ2) is 9.46. The number of carbonyl (C=O) groups excluding carboxylic acids is 1. The summed E-state index contributed by atoms with van der Waals surface area (Å²) in [5, 5.41) is 6.25. The molecule has 7 heteroatoms. The number of hydrogen-bond acceptors (Lipinski definition) is 3. The lowest BCUT2D eigenvalue weighted by Gasteiger charge is -2.37. The molecule has 29 heavy (non-hydrogen) atoms. The van der Waals surface area contributed by atoms with Gasteiger partial charge < -0.3 is 20.3 Å². The highest BCUT2D eigenvalue weighted by molar-refractivity contribution is 6.30. The SMILES string of the molecule is CC1CN(c2ccc(CNC(=O)NC(C)c3cccc(Cl)c3)cc2F)CC(C)O1. The number of rotatable bonds is 5. The van der Waals surface area contributed by atoms with E-state index < -0.39 is 0 Å². The van der Waals surface area contributed by atoms with Gasteiger partial charge in [0.15, 0.2) is 0 Å². The predicted molar refractivity (Wildman–Crippen MR) is 114 cm³/mol. The Labute approximate surface area is 176 Å². The van der Waals surface area contributed by atoms with Crippen molar-refractivity contribution in [2.45, 2.75) is 45.6 Å². The lowest BCUT2D eigenvalue weighted by atomic mass is 10.1. The molecule has 1 saturated heterocycles. The Morgan fingerprint density at radius 2 is 1.97 bits per heavy atom. The van der Waals surface area contributed by atoms with Crippen LogP contribution in [0, 0.1) is 5.82 Å². The summed E-state index contributed by atoms with van der Waals surface area (Å²) in [6, 6.07) is 11.9. The monoisotopic (exact) mass is 419 g/mol. The van der Waals surface area contributed by atoms with Gasteiger partial charge in [0.25, 0.3) is 0 Å². The third-order valence-electron chi connectivity index (χ3n) is 4.92. The molecule has 0 aromatic heterocycles. The van der Waals surface area contributed by atoms with Gasteiger partial charge in [-0.25, -0.2) is 9.18 Å². The number of benzene rings is 2. The maximum Gasteiger partial charge on any atom is 0.315 e. The highest BCUT2D eigenvalue weighted by atomic mass is 35.5. The van der Waals surface area contributed by atoms with Gasteiger partial charge in [0.2, 0.25) is 0 Å². The Hall–Kier alpha value is -2.31. The zero-order valence-electron chi connectivity index (χ0n) is 16.9. The smallest absolute Gasteiger partial charge is 0.315 e. The van der Waals surface area contributed by atoms with E-state index in [4.69, 9.17) is 16.3 Å². The number of hydrogen-bond donors (Lipinski definition) is 2. The standard InChI is InChI=1S/C22H27ClFN3O2/c1-14-12-27(13-15(2)29-14)21-8-7-17(9-20(21)24)11-25-22(28)26-16(3)18-5-4-6-19(23)10-18/h4-10,14-16H,11-13H2,1-3H3,(H2,25,26,28). The fourth-order valence-corrected chi connectivity index (χ4v) is 3.78. The summed E-state index contributed by atoms with van der Waals surface area (Å²) in [5.41, 5.74) is 2.18. The topological polar surface area (TPSA) is 53.6 Å². The molecule has 1 aliphatic rings. The van der Waals surface area contributed by atoms with Gasteiger partial charge in [-0.15, -0.1) is 0 Å². The van der Waals surface area contributed by atoms with Crippen LogP contribution < -0.4 is 15.5 Å². The van der Waals surface area contributed by atoms with E-state index in [1.54, 1.807) is 12.1 Å². The molecule has 0 saturated carbocycles. The molecule has 2 amide bonds. The van der Waals surface area contributed by atoms with Crippen molar-refractivity contribution in [2.24, 2.45) is 0 Å². The average molecular weight is 420 g/mol. The van der Waals surface area contributed by atoms with Crippen molar-refractivity contribution in [1.82, 2.24) is 10.6 Å². The third kappa shape index (κ3) is 5.84. The molecule has 3 rings (SSSR count). The molecule has 2 aromatic rings. The van der Waals surface area contributed by atoms with Crippen LogP contribution in [0.2, 0.25) is 5.02 Å². The van der Waals surface area contributed by atoms with Crippen LogP contribution in [-0.2, 0) is 11.3 Å². The van der Waals surface area contributed by atoms with Crippen LogP contribution in [0.25, 0.3) is 0 Å². The number of carbonyl (C=O) groups is 1. The molecule has 0 bridgehead atoms. The zero-order valence-corrected chi connectivity index (χ0v) is 17.7. The van der Waals surface area contributed by atoms with Crippen LogP contribution in [0.1, 0.15) is 37.9 Å². The van der Waals surface area contributed by atoms with E-state index in [2.05, 4.69) is 10.6 Å². The first-order valence-electron chi connectivity index (χ1n) is 9.80. The van der Waals surface area contributed by atoms with E-state index in [9.17, 15) is 9.18 Å². The van der Waals surface area contributed by atoms with Crippen molar-refractivity contribution < 1.29 is 13.9 Å². The minimum absolute atomic E-state index is 0.0599. The van der Waals surface area contributed by atoms with Crippen molar-refractivity contribution in [3.63, 3.8) is 0 Å². The van der Waals surface area contributed by atoms with Crippen molar-refractivity contribution >= 4 is 23.3 Å². The molecule has 3 atom stereocenters. The highest BCUT2D eigenvalue weighted by Gasteiger charge is 2.24. The Kier molecular flexibility index (Phi) is 6.98. The van der Waals surface area contributed by atoms with Gasteiger partial charge in [0.1, 0.15) is 5.82 Å². The summed E-state index contributed by atoms with van der Waals surface area (Å²) in [7, 11) is 0. The highest BCUT2D eigenvalue weighted by Crippen LogP contribution is 2.24. The van der Waals surface area contributed by atoms with Gasteiger partial charge in [0.05, 0.1) is 23.9 Å². The van der Waals surface area contributed by atoms with E-state index in [1.165, 1.54) is 6.07 Å². The minimum atomic E-state index is -0.321. The molecule has 0 aliphatic carbocycles. The molecule has 1 heterocycles. The first-order valence-corrected chi connectivity index (χ1v) is 10.2. The maximum atomic E-state index is 14.7. The number of ether oxygens (including phenoxy) is 1. The molecule has 2 aromatic carbocycles. The molecule has 1 aliphatic heterocycles. The molecule has 2 N–H and O–H groups in total. The normalized spacial score (nSPS) is 20.2. The lowest BCUT2D eigenvalue weighted by Crippen LogP contribution is -2.45. The summed E-state index contributed by atoms with van der Waals surface area (Å²) in [5.74, 6) is -0.293. The van der Waals surface area contributed by atoms with E-state index in [0.717, 1.165) is 5.56 Å². The van der Waals surface area contributed by atoms with E-state index in [1.807, 2.05) is 49.9 Å². The lowest BCUT2D eigenvalue weighted by molar-refractivity contribution is -0.00539. The summed E-state index contributed by atoms with van der Waals surface area (Å²) in [6.07, 6.45) is 0.120. The number of morpholine rings is 1. The van der Waals surface area contributed by atoms with Crippen molar-refractivity contribution in [3.8, 4) is 0 Å². The molecule has 3 unspecified atom stereocenters. The van der Waals surface area contributed by atoms with Gasteiger partial charge in [-0.3, -0.25) is 0 Å². The summed E-state index contributed by atoms with van der Waals surface area (Å²) >= 11 is 5.99. The fourth-order valence-electron chi connectivity index (χ4n) is 3.58. The van der Waals surface area contributed by atoms with Crippen molar-refractivity contribution in [2.75, 3.05) is 18.0 Å². The van der Waals surface area contributed by atoms with Crippen LogP contribution in [0.5, 0.6) is 0 Å². The first kappa shape index (κ1) is 21.4. The van der Waals surface area contributed by atoms with E-state index >= 15 is 0 Å².